The molecule has 1 atom stereocenters. The normalized spacial score (nSPS) is 14.9. The molecule has 7 nitrogen and oxygen atoms in total. The van der Waals surface area contributed by atoms with Crippen molar-refractivity contribution in [1.29, 1.82) is 0 Å². The van der Waals surface area contributed by atoms with Crippen LogP contribution in [0.15, 0.2) is 46.1 Å². The van der Waals surface area contributed by atoms with Gasteiger partial charge in [0.25, 0.3) is 5.56 Å². The minimum absolute atomic E-state index is 0.0731. The predicted octanol–water partition coefficient (Wildman–Crippen LogP) is 1.37. The van der Waals surface area contributed by atoms with E-state index in [-0.39, 0.29) is 17.5 Å². The zero-order valence-corrected chi connectivity index (χ0v) is 15.6. The molecule has 7 heteroatoms. The van der Waals surface area contributed by atoms with Crippen molar-refractivity contribution in [3.05, 3.63) is 68.5 Å². The number of nitrogens with zero attached hydrogens (tertiary/aromatic N) is 2. The van der Waals surface area contributed by atoms with Crippen LogP contribution < -0.4 is 21.3 Å². The van der Waals surface area contributed by atoms with Gasteiger partial charge in [-0.3, -0.25) is 14.2 Å². The van der Waals surface area contributed by atoms with Crippen molar-refractivity contribution in [3.8, 4) is 5.75 Å². The Hall–Kier alpha value is -3.09. The van der Waals surface area contributed by atoms with Crippen LogP contribution in [-0.2, 0) is 18.9 Å². The van der Waals surface area contributed by atoms with Gasteiger partial charge in [0.2, 0.25) is 5.91 Å². The summed E-state index contributed by atoms with van der Waals surface area (Å²) in [5, 5.41) is 3.02. The van der Waals surface area contributed by atoms with Gasteiger partial charge in [-0.1, -0.05) is 12.1 Å². The maximum atomic E-state index is 12.4. The van der Waals surface area contributed by atoms with Crippen molar-refractivity contribution in [2.75, 3.05) is 7.11 Å². The van der Waals surface area contributed by atoms with Crippen LogP contribution in [0.3, 0.4) is 0 Å². The van der Waals surface area contributed by atoms with E-state index >= 15 is 0 Å². The van der Waals surface area contributed by atoms with E-state index in [1.807, 2.05) is 24.3 Å². The highest BCUT2D eigenvalue weighted by Gasteiger charge is 2.33. The summed E-state index contributed by atoms with van der Waals surface area (Å²) in [4.78, 5) is 36.3. The zero-order chi connectivity index (χ0) is 19.6. The Labute approximate surface area is 156 Å². The minimum atomic E-state index is -0.434. The molecule has 1 aromatic carbocycles. The van der Waals surface area contributed by atoms with E-state index in [0.29, 0.717) is 5.92 Å². The van der Waals surface area contributed by atoms with Crippen LogP contribution >= 0.6 is 0 Å². The first-order chi connectivity index (χ1) is 12.9. The molecule has 0 bridgehead atoms. The molecule has 142 valence electrons. The minimum Gasteiger partial charge on any atom is -0.497 e. The van der Waals surface area contributed by atoms with E-state index in [4.69, 9.17) is 4.74 Å². The number of carbonyl (C=O) groups excluding carboxylic acids is 1. The molecule has 1 N–H and O–H groups in total. The predicted molar refractivity (Wildman–Crippen MR) is 103 cm³/mol. The SMILES string of the molecule is COc1ccc(C(NC(=O)C=Cc2cn(C)c(=O)n(C)c2=O)C2CC2)cc1. The first-order valence-electron chi connectivity index (χ1n) is 8.80. The number of rotatable bonds is 6. The molecule has 1 unspecified atom stereocenters. The molecular formula is C20H23N3O4. The van der Waals surface area contributed by atoms with Crippen molar-refractivity contribution in [2.24, 2.45) is 20.0 Å². The number of ether oxygens (including phenoxy) is 1. The maximum absolute atomic E-state index is 12.4. The van der Waals surface area contributed by atoms with Gasteiger partial charge in [-0.25, -0.2) is 4.79 Å². The van der Waals surface area contributed by atoms with E-state index in [1.165, 1.54) is 30.0 Å². The number of carbonyl (C=O) groups is 1. The van der Waals surface area contributed by atoms with E-state index in [2.05, 4.69) is 5.32 Å². The van der Waals surface area contributed by atoms with Crippen LogP contribution in [0.4, 0.5) is 0 Å². The maximum Gasteiger partial charge on any atom is 0.330 e. The van der Waals surface area contributed by atoms with E-state index in [1.54, 1.807) is 14.2 Å². The van der Waals surface area contributed by atoms with Gasteiger partial charge in [-0.15, -0.1) is 0 Å². The van der Waals surface area contributed by atoms with Crippen LogP contribution in [-0.4, -0.2) is 22.2 Å². The second kappa shape index (κ2) is 7.65. The number of amides is 1. The summed E-state index contributed by atoms with van der Waals surface area (Å²) >= 11 is 0. The van der Waals surface area contributed by atoms with Crippen LogP contribution in [0.5, 0.6) is 5.75 Å². The summed E-state index contributed by atoms with van der Waals surface area (Å²) in [7, 11) is 4.59. The van der Waals surface area contributed by atoms with E-state index in [9.17, 15) is 14.4 Å². The average Bonchev–Trinajstić information content (AvgIpc) is 3.51. The third-order valence-electron chi connectivity index (χ3n) is 4.75. The van der Waals surface area contributed by atoms with Crippen LogP contribution in [0, 0.1) is 5.92 Å². The molecule has 1 aromatic heterocycles. The second-order valence-electron chi connectivity index (χ2n) is 6.77. The van der Waals surface area contributed by atoms with Crippen LogP contribution in [0.25, 0.3) is 6.08 Å². The van der Waals surface area contributed by atoms with Gasteiger partial charge in [0.15, 0.2) is 0 Å². The molecule has 0 saturated heterocycles. The molecule has 1 fully saturated rings. The second-order valence-corrected chi connectivity index (χ2v) is 6.77. The number of benzene rings is 1. The Morgan fingerprint density at radius 1 is 1.22 bits per heavy atom. The van der Waals surface area contributed by atoms with Gasteiger partial charge in [-0.05, 0) is 42.5 Å². The first-order valence-corrected chi connectivity index (χ1v) is 8.80. The summed E-state index contributed by atoms with van der Waals surface area (Å²) in [5.41, 5.74) is 0.464. The Morgan fingerprint density at radius 3 is 2.48 bits per heavy atom. The van der Waals surface area contributed by atoms with Crippen LogP contribution in [0.2, 0.25) is 0 Å². The number of hydrogen-bond donors (Lipinski definition) is 1. The van der Waals surface area contributed by atoms with Crippen molar-refractivity contribution in [3.63, 3.8) is 0 Å². The van der Waals surface area contributed by atoms with Gasteiger partial charge in [0, 0.05) is 26.4 Å². The Balaban J connectivity index is 1.76. The molecule has 3 rings (SSSR count). The van der Waals surface area contributed by atoms with Gasteiger partial charge < -0.3 is 14.6 Å². The van der Waals surface area contributed by atoms with Gasteiger partial charge in [0.05, 0.1) is 18.7 Å². The first kappa shape index (κ1) is 18.7. The topological polar surface area (TPSA) is 82.3 Å². The Kier molecular flexibility index (Phi) is 5.30. The molecule has 1 heterocycles. The Bertz CT molecular complexity index is 982. The standard InChI is InChI=1S/C20H23N3O4/c1-22-12-15(19(25)23(2)20(22)26)8-11-17(24)21-18(13-4-5-13)14-6-9-16(27-3)10-7-14/h6-13,18H,4-5H2,1-3H3,(H,21,24). The average molecular weight is 369 g/mol. The monoisotopic (exact) mass is 369 g/mol. The van der Waals surface area contributed by atoms with E-state index in [0.717, 1.165) is 28.7 Å². The number of nitrogens with one attached hydrogen (secondary N) is 1. The van der Waals surface area contributed by atoms with Crippen molar-refractivity contribution in [2.45, 2.75) is 18.9 Å². The fraction of sp³-hybridized carbons (Fsp3) is 0.350. The fourth-order valence-corrected chi connectivity index (χ4v) is 3.03. The lowest BCUT2D eigenvalue weighted by Gasteiger charge is -2.18. The largest absolute Gasteiger partial charge is 0.497 e. The number of aryl methyl sites for hydroxylation is 1. The molecule has 1 saturated carbocycles. The van der Waals surface area contributed by atoms with Gasteiger partial charge >= 0.3 is 5.69 Å². The third kappa shape index (κ3) is 4.19. The van der Waals surface area contributed by atoms with Crippen molar-refractivity contribution < 1.29 is 9.53 Å². The zero-order valence-electron chi connectivity index (χ0n) is 15.6. The third-order valence-corrected chi connectivity index (χ3v) is 4.75. The Morgan fingerprint density at radius 2 is 1.89 bits per heavy atom. The van der Waals surface area contributed by atoms with Crippen LogP contribution in [0.1, 0.15) is 30.0 Å². The summed E-state index contributed by atoms with van der Waals surface area (Å²) < 4.78 is 7.50. The van der Waals surface area contributed by atoms with Gasteiger partial charge in [-0.2, -0.15) is 0 Å². The highest BCUT2D eigenvalue weighted by atomic mass is 16.5. The number of methoxy groups -OCH3 is 1. The fourth-order valence-electron chi connectivity index (χ4n) is 3.03. The molecule has 0 spiro atoms. The summed E-state index contributed by atoms with van der Waals surface area (Å²) in [6.07, 6.45) is 6.34. The molecule has 2 aromatic rings. The summed E-state index contributed by atoms with van der Waals surface area (Å²) in [6.45, 7) is 0. The quantitative estimate of drug-likeness (QED) is 0.780. The lowest BCUT2D eigenvalue weighted by Crippen LogP contribution is -2.37. The van der Waals surface area contributed by atoms with Crippen molar-refractivity contribution in [1.82, 2.24) is 14.5 Å². The lowest BCUT2D eigenvalue weighted by molar-refractivity contribution is -0.117. The molecular weight excluding hydrogens is 346 g/mol. The lowest BCUT2D eigenvalue weighted by atomic mass is 10.0. The van der Waals surface area contributed by atoms with Gasteiger partial charge in [0.1, 0.15) is 5.75 Å². The highest BCUT2D eigenvalue weighted by Crippen LogP contribution is 2.41. The summed E-state index contributed by atoms with van der Waals surface area (Å²) in [6, 6.07) is 7.58. The van der Waals surface area contributed by atoms with Crippen molar-refractivity contribution >= 4 is 12.0 Å². The number of aromatic nitrogens is 2. The smallest absolute Gasteiger partial charge is 0.330 e. The molecule has 0 aliphatic heterocycles. The molecule has 1 aliphatic carbocycles. The molecule has 0 radical (unpaired) electrons. The highest BCUT2D eigenvalue weighted by molar-refractivity contribution is 5.91. The molecule has 1 amide bonds. The van der Waals surface area contributed by atoms with E-state index < -0.39 is 11.2 Å². The molecule has 27 heavy (non-hydrogen) atoms. The number of hydrogen-bond acceptors (Lipinski definition) is 4. The molecule has 1 aliphatic rings. The summed E-state index contributed by atoms with van der Waals surface area (Å²) in [5.74, 6) is 0.907.